The molecule has 0 aliphatic rings. The molecule has 0 saturated carbocycles. The van der Waals surface area contributed by atoms with Crippen molar-refractivity contribution in [3.05, 3.63) is 84.9 Å². The predicted octanol–water partition coefficient (Wildman–Crippen LogP) is 7.42. The van der Waals surface area contributed by atoms with Crippen LogP contribution in [0, 0.1) is 0 Å². The first-order valence-corrected chi connectivity index (χ1v) is 12.0. The van der Waals surface area contributed by atoms with Crippen LogP contribution in [0.25, 0.3) is 0 Å². The maximum atomic E-state index is 14.0. The lowest BCUT2D eigenvalue weighted by molar-refractivity contribution is -0.425. The van der Waals surface area contributed by atoms with Crippen molar-refractivity contribution < 1.29 is 40.6 Å². The summed E-state index contributed by atoms with van der Waals surface area (Å²) in [7, 11) is 0.379. The Hall–Kier alpha value is -2.69. The van der Waals surface area contributed by atoms with Crippen LogP contribution < -0.4 is 4.74 Å². The highest BCUT2D eigenvalue weighted by atomic mass is 32.2. The number of ether oxygens (including phenoxy) is 3. The maximum Gasteiger partial charge on any atom is 0.430 e. The lowest BCUT2D eigenvalue weighted by Crippen LogP contribution is -2.72. The molecule has 0 heterocycles. The summed E-state index contributed by atoms with van der Waals surface area (Å²) in [5, 5.41) is 0. The third-order valence-corrected chi connectivity index (χ3v) is 7.66. The molecule has 0 bridgehead atoms. The Morgan fingerprint density at radius 2 is 1.06 bits per heavy atom. The smallest absolute Gasteiger partial charge is 0.430 e. The zero-order valence-electron chi connectivity index (χ0n) is 19.7. The summed E-state index contributed by atoms with van der Waals surface area (Å²) in [5.41, 5.74) is -7.54. The molecule has 0 unspecified atom stereocenters. The third-order valence-electron chi connectivity index (χ3n) is 5.43. The SMILES string of the molecule is COCOC(C(F)(F)F)(C(F)(F)F)C(C)(C)Oc1ccc([S+](c2ccccc2)c2ccccc2)cc1. The summed E-state index contributed by atoms with van der Waals surface area (Å²) in [6.07, 6.45) is -11.7. The fourth-order valence-electron chi connectivity index (χ4n) is 3.86. The topological polar surface area (TPSA) is 27.7 Å². The molecule has 0 saturated heterocycles. The lowest BCUT2D eigenvalue weighted by atomic mass is 9.83. The minimum atomic E-state index is -5.85. The van der Waals surface area contributed by atoms with Gasteiger partial charge in [0, 0.05) is 7.11 Å². The summed E-state index contributed by atoms with van der Waals surface area (Å²) >= 11 is 0. The van der Waals surface area contributed by atoms with Crippen molar-refractivity contribution in [2.75, 3.05) is 13.9 Å². The van der Waals surface area contributed by atoms with Crippen LogP contribution in [0.2, 0.25) is 0 Å². The number of rotatable bonds is 9. The van der Waals surface area contributed by atoms with Gasteiger partial charge < -0.3 is 14.2 Å². The van der Waals surface area contributed by atoms with Gasteiger partial charge in [0.25, 0.3) is 0 Å². The Balaban J connectivity index is 1.99. The van der Waals surface area contributed by atoms with Crippen molar-refractivity contribution in [3.63, 3.8) is 0 Å². The van der Waals surface area contributed by atoms with E-state index in [1.54, 1.807) is 12.1 Å². The fraction of sp³-hybridized carbons (Fsp3) is 0.308. The molecule has 3 nitrogen and oxygen atoms in total. The van der Waals surface area contributed by atoms with Gasteiger partial charge in [0.1, 0.15) is 12.5 Å². The van der Waals surface area contributed by atoms with Crippen molar-refractivity contribution >= 4 is 10.9 Å². The van der Waals surface area contributed by atoms with Gasteiger partial charge in [-0.25, -0.2) is 0 Å². The summed E-state index contributed by atoms with van der Waals surface area (Å²) in [6.45, 7) is 0.147. The molecule has 3 rings (SSSR count). The van der Waals surface area contributed by atoms with Gasteiger partial charge in [-0.15, -0.1) is 0 Å². The molecule has 0 amide bonds. The van der Waals surface area contributed by atoms with E-state index in [0.29, 0.717) is 13.8 Å². The Labute approximate surface area is 208 Å². The zero-order valence-corrected chi connectivity index (χ0v) is 20.5. The molecule has 36 heavy (non-hydrogen) atoms. The van der Waals surface area contributed by atoms with E-state index in [4.69, 9.17) is 4.74 Å². The van der Waals surface area contributed by atoms with E-state index in [2.05, 4.69) is 9.47 Å². The number of hydrogen-bond acceptors (Lipinski definition) is 3. The number of benzene rings is 3. The Kier molecular flexibility index (Phi) is 8.32. The quantitative estimate of drug-likeness (QED) is 0.163. The predicted molar refractivity (Wildman–Crippen MR) is 124 cm³/mol. The van der Waals surface area contributed by atoms with E-state index in [1.165, 1.54) is 12.1 Å². The third kappa shape index (κ3) is 5.50. The fourth-order valence-corrected chi connectivity index (χ4v) is 5.94. The second kappa shape index (κ2) is 10.7. The average molecular weight is 532 g/mol. The molecule has 3 aromatic rings. The monoisotopic (exact) mass is 531 g/mol. The molecule has 0 radical (unpaired) electrons. The van der Waals surface area contributed by atoms with Crippen LogP contribution in [0.3, 0.4) is 0 Å². The van der Waals surface area contributed by atoms with Gasteiger partial charge in [-0.05, 0) is 62.4 Å². The lowest BCUT2D eigenvalue weighted by Gasteiger charge is -2.46. The molecule has 10 heteroatoms. The van der Waals surface area contributed by atoms with Gasteiger partial charge in [-0.1, -0.05) is 36.4 Å². The highest BCUT2D eigenvalue weighted by Gasteiger charge is 2.80. The van der Waals surface area contributed by atoms with E-state index >= 15 is 0 Å². The first kappa shape index (κ1) is 27.9. The second-order valence-corrected chi connectivity index (χ2v) is 10.3. The summed E-state index contributed by atoms with van der Waals surface area (Å²) < 4.78 is 97.8. The maximum absolute atomic E-state index is 14.0. The van der Waals surface area contributed by atoms with Crippen LogP contribution in [0.1, 0.15) is 13.8 Å². The van der Waals surface area contributed by atoms with Crippen molar-refractivity contribution in [2.24, 2.45) is 0 Å². The molecule has 3 aromatic carbocycles. The molecule has 0 atom stereocenters. The van der Waals surface area contributed by atoms with E-state index < -0.39 is 41.2 Å². The van der Waals surface area contributed by atoms with Crippen LogP contribution in [0.4, 0.5) is 26.3 Å². The molecule has 0 aromatic heterocycles. The largest absolute Gasteiger partial charge is 0.484 e. The van der Waals surface area contributed by atoms with Crippen molar-refractivity contribution in [1.82, 2.24) is 0 Å². The van der Waals surface area contributed by atoms with E-state index in [-0.39, 0.29) is 5.75 Å². The van der Waals surface area contributed by atoms with E-state index in [1.807, 2.05) is 60.7 Å². The Morgan fingerprint density at radius 3 is 1.44 bits per heavy atom. The van der Waals surface area contributed by atoms with Gasteiger partial charge >= 0.3 is 18.0 Å². The van der Waals surface area contributed by atoms with Crippen LogP contribution >= 0.6 is 0 Å². The molecule has 0 aliphatic heterocycles. The van der Waals surface area contributed by atoms with Crippen LogP contribution in [0.5, 0.6) is 5.75 Å². The summed E-state index contributed by atoms with van der Waals surface area (Å²) in [4.78, 5) is 2.81. The van der Waals surface area contributed by atoms with Crippen molar-refractivity contribution in [3.8, 4) is 5.75 Å². The molecule has 194 valence electrons. The number of methoxy groups -OCH3 is 1. The number of alkyl halides is 6. The van der Waals surface area contributed by atoms with E-state index in [0.717, 1.165) is 21.8 Å². The first-order chi connectivity index (χ1) is 16.8. The second-order valence-electron chi connectivity index (χ2n) is 8.24. The normalized spacial score (nSPS) is 13.2. The Morgan fingerprint density at radius 1 is 0.639 bits per heavy atom. The standard InChI is InChI=1S/C26H25F6O3S/c1-23(2,24(25(27,28)29,26(30,31)32)34-18-33-3)35-19-14-16-22(17-15-19)36(20-10-6-4-7-11-20)21-12-8-5-9-13-21/h4-17H,18H2,1-3H3/q+1. The zero-order chi connectivity index (χ0) is 26.6. The molecule has 0 fully saturated rings. The van der Waals surface area contributed by atoms with Crippen molar-refractivity contribution in [2.45, 2.75) is 52.1 Å². The van der Waals surface area contributed by atoms with Crippen LogP contribution in [-0.4, -0.2) is 37.5 Å². The summed E-state index contributed by atoms with van der Waals surface area (Å²) in [6, 6.07) is 25.2. The highest BCUT2D eigenvalue weighted by Crippen LogP contribution is 2.53. The van der Waals surface area contributed by atoms with Gasteiger partial charge in [0.15, 0.2) is 20.3 Å². The average Bonchev–Trinajstić information content (AvgIpc) is 2.80. The van der Waals surface area contributed by atoms with Gasteiger partial charge in [0.05, 0.1) is 10.9 Å². The number of halogens is 6. The van der Waals surface area contributed by atoms with Crippen LogP contribution in [0.15, 0.2) is 99.6 Å². The van der Waals surface area contributed by atoms with Crippen LogP contribution in [-0.2, 0) is 20.4 Å². The molecule has 0 aliphatic carbocycles. The van der Waals surface area contributed by atoms with E-state index in [9.17, 15) is 26.3 Å². The minimum absolute atomic E-state index is 0.174. The minimum Gasteiger partial charge on any atom is -0.484 e. The Bertz CT molecular complexity index is 1050. The molecule has 0 N–H and O–H groups in total. The van der Waals surface area contributed by atoms with Gasteiger partial charge in [-0.3, -0.25) is 0 Å². The first-order valence-electron chi connectivity index (χ1n) is 10.7. The van der Waals surface area contributed by atoms with Crippen molar-refractivity contribution in [1.29, 1.82) is 0 Å². The highest BCUT2D eigenvalue weighted by molar-refractivity contribution is 7.97. The molecular weight excluding hydrogens is 506 g/mol. The number of hydrogen-bond donors (Lipinski definition) is 0. The molecule has 0 spiro atoms. The van der Waals surface area contributed by atoms with Gasteiger partial charge in [0.2, 0.25) is 0 Å². The molecular formula is C26H25F6O3S+. The van der Waals surface area contributed by atoms with Gasteiger partial charge in [-0.2, -0.15) is 26.3 Å². The summed E-state index contributed by atoms with van der Waals surface area (Å²) in [5.74, 6) is -0.174.